The van der Waals surface area contributed by atoms with Gasteiger partial charge in [0.1, 0.15) is 12.4 Å². The SMILES string of the molecule is Cc1ccc(CNC(=O)c2ccccc2OCc2cccc(C)c2)cc1. The second kappa shape index (κ2) is 8.34. The Morgan fingerprint density at radius 1 is 0.846 bits per heavy atom. The highest BCUT2D eigenvalue weighted by Crippen LogP contribution is 2.20. The Labute approximate surface area is 154 Å². The quantitative estimate of drug-likeness (QED) is 0.696. The zero-order valence-electron chi connectivity index (χ0n) is 15.2. The van der Waals surface area contributed by atoms with E-state index in [4.69, 9.17) is 4.74 Å². The van der Waals surface area contributed by atoms with Gasteiger partial charge in [-0.2, -0.15) is 0 Å². The minimum atomic E-state index is -0.134. The summed E-state index contributed by atoms with van der Waals surface area (Å²) in [6.07, 6.45) is 0. The van der Waals surface area contributed by atoms with E-state index in [0.29, 0.717) is 24.5 Å². The van der Waals surface area contributed by atoms with Crippen molar-refractivity contribution in [1.29, 1.82) is 0 Å². The molecule has 132 valence electrons. The van der Waals surface area contributed by atoms with Crippen LogP contribution in [0.25, 0.3) is 0 Å². The number of hydrogen-bond donors (Lipinski definition) is 1. The monoisotopic (exact) mass is 345 g/mol. The van der Waals surface area contributed by atoms with Crippen LogP contribution >= 0.6 is 0 Å². The minimum absolute atomic E-state index is 0.134. The third kappa shape index (κ3) is 4.73. The molecule has 0 aliphatic heterocycles. The van der Waals surface area contributed by atoms with Crippen LogP contribution in [0.15, 0.2) is 72.8 Å². The van der Waals surface area contributed by atoms with Gasteiger partial charge in [0, 0.05) is 6.54 Å². The highest BCUT2D eigenvalue weighted by Gasteiger charge is 2.12. The molecule has 0 saturated heterocycles. The first-order chi connectivity index (χ1) is 12.6. The lowest BCUT2D eigenvalue weighted by atomic mass is 10.1. The number of rotatable bonds is 6. The van der Waals surface area contributed by atoms with Crippen LogP contribution in [-0.2, 0) is 13.2 Å². The van der Waals surface area contributed by atoms with E-state index in [2.05, 4.69) is 24.4 Å². The molecule has 0 spiro atoms. The largest absolute Gasteiger partial charge is 0.488 e. The number of aryl methyl sites for hydroxylation is 2. The van der Waals surface area contributed by atoms with Crippen LogP contribution in [0, 0.1) is 13.8 Å². The molecule has 3 nitrogen and oxygen atoms in total. The van der Waals surface area contributed by atoms with Gasteiger partial charge >= 0.3 is 0 Å². The summed E-state index contributed by atoms with van der Waals surface area (Å²) in [6.45, 7) is 5.02. The standard InChI is InChI=1S/C23H23NO2/c1-17-10-12-19(13-11-17)15-24-23(25)21-8-3-4-9-22(21)26-16-20-7-5-6-18(2)14-20/h3-14H,15-16H2,1-2H3,(H,24,25). The van der Waals surface area contributed by atoms with E-state index < -0.39 is 0 Å². The fourth-order valence-corrected chi connectivity index (χ4v) is 2.73. The highest BCUT2D eigenvalue weighted by molar-refractivity contribution is 5.96. The number of ether oxygens (including phenoxy) is 1. The molecule has 0 aliphatic rings. The van der Waals surface area contributed by atoms with Crippen LogP contribution < -0.4 is 10.1 Å². The summed E-state index contributed by atoms with van der Waals surface area (Å²) in [6, 6.07) is 23.6. The predicted molar refractivity (Wildman–Crippen MR) is 104 cm³/mol. The van der Waals surface area contributed by atoms with Gasteiger partial charge in [0.2, 0.25) is 0 Å². The normalized spacial score (nSPS) is 10.4. The Hall–Kier alpha value is -3.07. The van der Waals surface area contributed by atoms with Crippen molar-refractivity contribution in [2.75, 3.05) is 0 Å². The van der Waals surface area contributed by atoms with Gasteiger partial charge in [-0.05, 0) is 37.1 Å². The van der Waals surface area contributed by atoms with Gasteiger partial charge in [0.05, 0.1) is 5.56 Å². The van der Waals surface area contributed by atoms with Crippen molar-refractivity contribution in [3.63, 3.8) is 0 Å². The minimum Gasteiger partial charge on any atom is -0.488 e. The Balaban J connectivity index is 1.65. The summed E-state index contributed by atoms with van der Waals surface area (Å²) in [7, 11) is 0. The van der Waals surface area contributed by atoms with Crippen molar-refractivity contribution >= 4 is 5.91 Å². The lowest BCUT2D eigenvalue weighted by Gasteiger charge is -2.12. The van der Waals surface area contributed by atoms with Crippen molar-refractivity contribution in [3.8, 4) is 5.75 Å². The molecule has 3 rings (SSSR count). The predicted octanol–water partition coefficient (Wildman–Crippen LogP) is 4.81. The average Bonchev–Trinajstić information content (AvgIpc) is 2.66. The van der Waals surface area contributed by atoms with Crippen molar-refractivity contribution in [2.45, 2.75) is 27.0 Å². The van der Waals surface area contributed by atoms with E-state index in [0.717, 1.165) is 11.1 Å². The number of nitrogens with one attached hydrogen (secondary N) is 1. The van der Waals surface area contributed by atoms with E-state index in [-0.39, 0.29) is 5.91 Å². The van der Waals surface area contributed by atoms with Gasteiger partial charge in [0.25, 0.3) is 5.91 Å². The fraction of sp³-hybridized carbons (Fsp3) is 0.174. The van der Waals surface area contributed by atoms with E-state index in [1.165, 1.54) is 11.1 Å². The van der Waals surface area contributed by atoms with Gasteiger partial charge in [-0.25, -0.2) is 0 Å². The van der Waals surface area contributed by atoms with Crippen molar-refractivity contribution < 1.29 is 9.53 Å². The summed E-state index contributed by atoms with van der Waals surface area (Å²) in [4.78, 5) is 12.6. The molecule has 0 atom stereocenters. The van der Waals surface area contributed by atoms with Crippen molar-refractivity contribution in [3.05, 3.63) is 101 Å². The molecule has 3 aromatic rings. The highest BCUT2D eigenvalue weighted by atomic mass is 16.5. The molecule has 26 heavy (non-hydrogen) atoms. The molecule has 0 heterocycles. The topological polar surface area (TPSA) is 38.3 Å². The number of carbonyl (C=O) groups is 1. The van der Waals surface area contributed by atoms with Gasteiger partial charge in [0.15, 0.2) is 0 Å². The molecule has 0 radical (unpaired) electrons. The molecular formula is C23H23NO2. The zero-order valence-corrected chi connectivity index (χ0v) is 15.2. The third-order valence-corrected chi connectivity index (χ3v) is 4.18. The molecule has 0 saturated carbocycles. The van der Waals surface area contributed by atoms with E-state index in [9.17, 15) is 4.79 Å². The first-order valence-corrected chi connectivity index (χ1v) is 8.73. The molecule has 3 heteroatoms. The number of carbonyl (C=O) groups excluding carboxylic acids is 1. The Morgan fingerprint density at radius 3 is 2.38 bits per heavy atom. The van der Waals surface area contributed by atoms with Crippen LogP contribution in [-0.4, -0.2) is 5.91 Å². The summed E-state index contributed by atoms with van der Waals surface area (Å²) < 4.78 is 5.91. The van der Waals surface area contributed by atoms with Crippen LogP contribution in [0.2, 0.25) is 0 Å². The Kier molecular flexibility index (Phi) is 5.69. The lowest BCUT2D eigenvalue weighted by Crippen LogP contribution is -2.23. The smallest absolute Gasteiger partial charge is 0.255 e. The first kappa shape index (κ1) is 17.7. The van der Waals surface area contributed by atoms with Crippen molar-refractivity contribution in [1.82, 2.24) is 5.32 Å². The van der Waals surface area contributed by atoms with Gasteiger partial charge in [-0.3, -0.25) is 4.79 Å². The Morgan fingerprint density at radius 2 is 1.62 bits per heavy atom. The number of benzene rings is 3. The maximum atomic E-state index is 12.6. The molecule has 1 N–H and O–H groups in total. The zero-order chi connectivity index (χ0) is 18.4. The maximum Gasteiger partial charge on any atom is 0.255 e. The third-order valence-electron chi connectivity index (χ3n) is 4.18. The van der Waals surface area contributed by atoms with Gasteiger partial charge in [-0.15, -0.1) is 0 Å². The van der Waals surface area contributed by atoms with Gasteiger partial charge < -0.3 is 10.1 Å². The second-order valence-electron chi connectivity index (χ2n) is 6.44. The van der Waals surface area contributed by atoms with Crippen LogP contribution in [0.1, 0.15) is 32.6 Å². The lowest BCUT2D eigenvalue weighted by molar-refractivity contribution is 0.0946. The van der Waals surface area contributed by atoms with E-state index >= 15 is 0 Å². The number of para-hydroxylation sites is 1. The van der Waals surface area contributed by atoms with Gasteiger partial charge in [-0.1, -0.05) is 71.8 Å². The summed E-state index contributed by atoms with van der Waals surface area (Å²) >= 11 is 0. The number of hydrogen-bond acceptors (Lipinski definition) is 2. The average molecular weight is 345 g/mol. The molecule has 3 aromatic carbocycles. The fourth-order valence-electron chi connectivity index (χ4n) is 2.73. The molecule has 0 aromatic heterocycles. The molecule has 0 unspecified atom stereocenters. The van der Waals surface area contributed by atoms with E-state index in [1.807, 2.05) is 61.5 Å². The number of amides is 1. The van der Waals surface area contributed by atoms with Crippen LogP contribution in [0.4, 0.5) is 0 Å². The molecular weight excluding hydrogens is 322 g/mol. The molecule has 0 aliphatic carbocycles. The first-order valence-electron chi connectivity index (χ1n) is 8.73. The van der Waals surface area contributed by atoms with E-state index in [1.54, 1.807) is 6.07 Å². The maximum absolute atomic E-state index is 12.6. The summed E-state index contributed by atoms with van der Waals surface area (Å²) in [5.74, 6) is 0.459. The van der Waals surface area contributed by atoms with Crippen LogP contribution in [0.3, 0.4) is 0 Å². The van der Waals surface area contributed by atoms with Crippen LogP contribution in [0.5, 0.6) is 5.75 Å². The second-order valence-corrected chi connectivity index (χ2v) is 6.44. The Bertz CT molecular complexity index is 885. The molecule has 0 fully saturated rings. The molecule has 0 bridgehead atoms. The summed E-state index contributed by atoms with van der Waals surface area (Å²) in [5.41, 5.74) is 5.10. The molecule has 1 amide bonds. The van der Waals surface area contributed by atoms with Crippen molar-refractivity contribution in [2.24, 2.45) is 0 Å². The summed E-state index contributed by atoms with van der Waals surface area (Å²) in [5, 5.41) is 2.96.